The number of aromatic nitrogens is 2. The minimum Gasteiger partial charge on any atom is -0.397 e. The Bertz CT molecular complexity index is 555. The van der Waals surface area contributed by atoms with Gasteiger partial charge in [0.25, 0.3) is 0 Å². The highest BCUT2D eigenvalue weighted by molar-refractivity contribution is 6.33. The van der Waals surface area contributed by atoms with Crippen LogP contribution in [0.15, 0.2) is 18.5 Å². The van der Waals surface area contributed by atoms with Crippen LogP contribution >= 0.6 is 11.6 Å². The van der Waals surface area contributed by atoms with Gasteiger partial charge in [0.2, 0.25) is 0 Å². The van der Waals surface area contributed by atoms with Crippen molar-refractivity contribution in [1.29, 1.82) is 0 Å². The molecule has 1 atom stereocenters. The van der Waals surface area contributed by atoms with Gasteiger partial charge in [0.05, 0.1) is 23.1 Å². The Balaban J connectivity index is 2.32. The maximum absolute atomic E-state index is 13.9. The first-order valence-electron chi connectivity index (χ1n) is 5.29. The fourth-order valence-corrected chi connectivity index (χ4v) is 1.76. The van der Waals surface area contributed by atoms with Gasteiger partial charge in [0, 0.05) is 12.4 Å². The number of rotatable bonds is 3. The number of nitrogen functional groups attached to an aromatic ring is 2. The highest BCUT2D eigenvalue weighted by atomic mass is 35.5. The van der Waals surface area contributed by atoms with Gasteiger partial charge in [0.1, 0.15) is 10.8 Å². The Morgan fingerprint density at radius 2 is 2.17 bits per heavy atom. The lowest BCUT2D eigenvalue weighted by molar-refractivity contribution is 0.628. The van der Waals surface area contributed by atoms with Crippen molar-refractivity contribution in [3.8, 4) is 0 Å². The molecule has 0 saturated carbocycles. The molecule has 0 spiro atoms. The van der Waals surface area contributed by atoms with Crippen LogP contribution in [-0.2, 0) is 0 Å². The van der Waals surface area contributed by atoms with E-state index in [0.717, 1.165) is 0 Å². The van der Waals surface area contributed by atoms with Crippen LogP contribution in [0.25, 0.3) is 0 Å². The molecule has 1 aromatic heterocycles. The van der Waals surface area contributed by atoms with Gasteiger partial charge in [-0.05, 0) is 13.0 Å². The van der Waals surface area contributed by atoms with Crippen LogP contribution in [0.3, 0.4) is 0 Å². The highest BCUT2D eigenvalue weighted by Crippen LogP contribution is 2.35. The number of benzene rings is 1. The summed E-state index contributed by atoms with van der Waals surface area (Å²) >= 11 is 5.74. The van der Waals surface area contributed by atoms with Gasteiger partial charge in [-0.15, -0.1) is 0 Å². The lowest BCUT2D eigenvalue weighted by atomic mass is 10.2. The van der Waals surface area contributed by atoms with Crippen LogP contribution in [0, 0.1) is 5.82 Å². The minimum atomic E-state index is -0.660. The van der Waals surface area contributed by atoms with Gasteiger partial charge in [0.15, 0.2) is 5.82 Å². The molecule has 5 nitrogen and oxygen atoms in total. The SMILES string of the molecule is CC(Nc1c(N)cc(N)c(Cl)c1F)c1ncc[nH]1. The van der Waals surface area contributed by atoms with Crippen molar-refractivity contribution < 1.29 is 4.39 Å². The number of imidazole rings is 1. The van der Waals surface area contributed by atoms with E-state index in [1.165, 1.54) is 6.07 Å². The molecular formula is C11H13ClFN5. The van der Waals surface area contributed by atoms with Gasteiger partial charge in [-0.25, -0.2) is 9.37 Å². The lowest BCUT2D eigenvalue weighted by Crippen LogP contribution is -2.12. The van der Waals surface area contributed by atoms with E-state index in [2.05, 4.69) is 15.3 Å². The third-order valence-corrected chi connectivity index (χ3v) is 2.94. The molecule has 0 fully saturated rings. The second-order valence-corrected chi connectivity index (χ2v) is 4.28. The second-order valence-electron chi connectivity index (χ2n) is 3.90. The molecule has 2 aromatic rings. The maximum atomic E-state index is 13.9. The third-order valence-electron chi connectivity index (χ3n) is 2.56. The lowest BCUT2D eigenvalue weighted by Gasteiger charge is -2.17. The van der Waals surface area contributed by atoms with Gasteiger partial charge in [-0.3, -0.25) is 0 Å². The molecule has 0 aliphatic heterocycles. The van der Waals surface area contributed by atoms with Gasteiger partial charge < -0.3 is 21.8 Å². The molecule has 18 heavy (non-hydrogen) atoms. The molecule has 1 unspecified atom stereocenters. The first kappa shape index (κ1) is 12.5. The van der Waals surface area contributed by atoms with Crippen molar-refractivity contribution in [1.82, 2.24) is 9.97 Å². The predicted molar refractivity (Wildman–Crippen MR) is 70.9 cm³/mol. The smallest absolute Gasteiger partial charge is 0.169 e. The highest BCUT2D eigenvalue weighted by Gasteiger charge is 2.17. The van der Waals surface area contributed by atoms with E-state index in [1.54, 1.807) is 12.4 Å². The van der Waals surface area contributed by atoms with Crippen LogP contribution in [0.5, 0.6) is 0 Å². The van der Waals surface area contributed by atoms with Crippen molar-refractivity contribution in [2.45, 2.75) is 13.0 Å². The molecule has 0 amide bonds. The van der Waals surface area contributed by atoms with Crippen LogP contribution in [0.2, 0.25) is 5.02 Å². The Hall–Kier alpha value is -1.95. The molecule has 0 aliphatic carbocycles. The number of hydrogen-bond acceptors (Lipinski definition) is 4. The summed E-state index contributed by atoms with van der Waals surface area (Å²) in [6.07, 6.45) is 3.30. The minimum absolute atomic E-state index is 0.114. The first-order chi connectivity index (χ1) is 8.50. The van der Waals surface area contributed by atoms with E-state index in [-0.39, 0.29) is 28.1 Å². The Morgan fingerprint density at radius 1 is 1.44 bits per heavy atom. The second kappa shape index (κ2) is 4.73. The Kier molecular flexibility index (Phi) is 3.29. The molecule has 7 heteroatoms. The summed E-state index contributed by atoms with van der Waals surface area (Å²) in [5.41, 5.74) is 11.7. The van der Waals surface area contributed by atoms with Crippen molar-refractivity contribution in [2.75, 3.05) is 16.8 Å². The monoisotopic (exact) mass is 269 g/mol. The third kappa shape index (κ3) is 2.19. The molecule has 0 bridgehead atoms. The number of anilines is 3. The van der Waals surface area contributed by atoms with E-state index in [0.29, 0.717) is 5.82 Å². The molecule has 0 radical (unpaired) electrons. The van der Waals surface area contributed by atoms with E-state index >= 15 is 0 Å². The summed E-state index contributed by atoms with van der Waals surface area (Å²) in [6.45, 7) is 1.82. The average molecular weight is 270 g/mol. The fourth-order valence-electron chi connectivity index (χ4n) is 1.61. The first-order valence-corrected chi connectivity index (χ1v) is 5.67. The van der Waals surface area contributed by atoms with E-state index < -0.39 is 5.82 Å². The maximum Gasteiger partial charge on any atom is 0.169 e. The molecule has 0 aliphatic rings. The average Bonchev–Trinajstić information content (AvgIpc) is 2.85. The summed E-state index contributed by atoms with van der Waals surface area (Å²) < 4.78 is 13.9. The Labute approximate surface area is 108 Å². The van der Waals surface area contributed by atoms with Crippen molar-refractivity contribution in [3.05, 3.63) is 35.1 Å². The molecular weight excluding hydrogens is 257 g/mol. The number of hydrogen-bond donors (Lipinski definition) is 4. The van der Waals surface area contributed by atoms with Crippen LogP contribution < -0.4 is 16.8 Å². The van der Waals surface area contributed by atoms with E-state index in [9.17, 15) is 4.39 Å². The zero-order chi connectivity index (χ0) is 13.3. The van der Waals surface area contributed by atoms with Gasteiger partial charge >= 0.3 is 0 Å². The molecule has 1 heterocycles. The molecule has 0 saturated heterocycles. The van der Waals surface area contributed by atoms with Crippen LogP contribution in [0.4, 0.5) is 21.5 Å². The number of nitrogens with one attached hydrogen (secondary N) is 2. The number of nitrogens with two attached hydrogens (primary N) is 2. The normalized spacial score (nSPS) is 12.4. The molecule has 2 rings (SSSR count). The molecule has 96 valence electrons. The standard InChI is InChI=1S/C11H13ClFN5/c1-5(11-16-2-3-17-11)18-10-7(15)4-6(14)8(12)9(10)13/h2-5,18H,14-15H2,1H3,(H,16,17). The van der Waals surface area contributed by atoms with Crippen molar-refractivity contribution >= 4 is 28.7 Å². The van der Waals surface area contributed by atoms with Gasteiger partial charge in [-0.1, -0.05) is 11.6 Å². The number of halogens is 2. The molecule has 6 N–H and O–H groups in total. The summed E-state index contributed by atoms with van der Waals surface area (Å²) in [4.78, 5) is 7.00. The fraction of sp³-hybridized carbons (Fsp3) is 0.182. The van der Waals surface area contributed by atoms with Crippen molar-refractivity contribution in [2.24, 2.45) is 0 Å². The zero-order valence-electron chi connectivity index (χ0n) is 9.67. The predicted octanol–water partition coefficient (Wildman–Crippen LogP) is 2.54. The van der Waals surface area contributed by atoms with Crippen molar-refractivity contribution in [3.63, 3.8) is 0 Å². The van der Waals surface area contributed by atoms with Crippen LogP contribution in [0.1, 0.15) is 18.8 Å². The molecule has 1 aromatic carbocycles. The Morgan fingerprint density at radius 3 is 2.78 bits per heavy atom. The number of aromatic amines is 1. The number of H-pyrrole nitrogens is 1. The zero-order valence-corrected chi connectivity index (χ0v) is 10.4. The summed E-state index contributed by atoms with van der Waals surface area (Å²) in [6, 6.07) is 1.18. The largest absolute Gasteiger partial charge is 0.397 e. The quantitative estimate of drug-likeness (QED) is 0.644. The van der Waals surface area contributed by atoms with E-state index in [1.807, 2.05) is 6.92 Å². The van der Waals surface area contributed by atoms with Gasteiger partial charge in [-0.2, -0.15) is 0 Å². The topological polar surface area (TPSA) is 92.8 Å². The summed E-state index contributed by atoms with van der Waals surface area (Å²) in [5.74, 6) is 0.00863. The number of nitrogens with zero attached hydrogens (tertiary/aromatic N) is 1. The summed E-state index contributed by atoms with van der Waals surface area (Å²) in [7, 11) is 0. The van der Waals surface area contributed by atoms with Crippen LogP contribution in [-0.4, -0.2) is 9.97 Å². The van der Waals surface area contributed by atoms with E-state index in [4.69, 9.17) is 23.1 Å². The summed E-state index contributed by atoms with van der Waals surface area (Å²) in [5, 5.41) is 2.77.